The summed E-state index contributed by atoms with van der Waals surface area (Å²) in [5.41, 5.74) is 26.0. The lowest BCUT2D eigenvalue weighted by molar-refractivity contribution is 0.659. The molecule has 0 aliphatic heterocycles. The lowest BCUT2D eigenvalue weighted by atomic mass is 9.82. The van der Waals surface area contributed by atoms with Gasteiger partial charge in [-0.1, -0.05) is 177 Å². The molecule has 0 atom stereocenters. The Kier molecular flexibility index (Phi) is 9.16. The monoisotopic (exact) mass is 964 g/mol. The van der Waals surface area contributed by atoms with Crippen LogP contribution in [-0.2, 0) is 21.7 Å². The number of benzene rings is 8. The standard InChI is InChI=1S/C68H56N2S2/c1-65(2)53-21-13-9-17-45(53)49-29-25-41(37-57(49)65)69(42-26-30-50-46-18-10-14-22-54(46)66(3,4)58(50)38-42)63-35-33-61(71-63)62-34-36-64(72-62)70(43-27-31-51-47-19-11-15-23-55(47)67(5,6)59(51)39-43)44-28-32-52-48-20-12-16-24-56(48)68(7,8)60(52)40-44/h9-40H,1-8H3. The van der Waals surface area contributed by atoms with Gasteiger partial charge in [0.1, 0.15) is 10.0 Å². The second-order valence-corrected chi connectivity index (χ2v) is 24.7. The van der Waals surface area contributed by atoms with E-state index in [0.717, 1.165) is 0 Å². The zero-order valence-electron chi connectivity index (χ0n) is 42.2. The average molecular weight is 965 g/mol. The highest BCUT2D eigenvalue weighted by Gasteiger charge is 2.40. The Labute approximate surface area is 432 Å². The molecule has 72 heavy (non-hydrogen) atoms. The summed E-state index contributed by atoms with van der Waals surface area (Å²) in [6.07, 6.45) is 0. The first-order chi connectivity index (χ1) is 34.7. The molecule has 350 valence electrons. The number of thiophene rings is 2. The van der Waals surface area contributed by atoms with Gasteiger partial charge in [-0.2, -0.15) is 0 Å². The smallest absolute Gasteiger partial charge is 0.101 e. The summed E-state index contributed by atoms with van der Waals surface area (Å²) in [4.78, 5) is 7.54. The number of hydrogen-bond donors (Lipinski definition) is 0. The summed E-state index contributed by atoms with van der Waals surface area (Å²) in [5, 5.41) is 2.39. The molecular formula is C68H56N2S2. The third-order valence-electron chi connectivity index (χ3n) is 17.2. The van der Waals surface area contributed by atoms with E-state index in [-0.39, 0.29) is 21.7 Å². The molecule has 2 nitrogen and oxygen atoms in total. The van der Waals surface area contributed by atoms with E-state index in [2.05, 4.69) is 259 Å². The summed E-state index contributed by atoms with van der Waals surface area (Å²) < 4.78 is 0. The molecule has 0 N–H and O–H groups in total. The molecule has 0 fully saturated rings. The fourth-order valence-electron chi connectivity index (χ4n) is 13.3. The summed E-state index contributed by atoms with van der Waals surface area (Å²) in [6, 6.07) is 73.9. The van der Waals surface area contributed by atoms with Crippen LogP contribution in [0.5, 0.6) is 0 Å². The summed E-state index contributed by atoms with van der Waals surface area (Å²) >= 11 is 3.75. The molecule has 0 amide bonds. The van der Waals surface area contributed by atoms with Gasteiger partial charge >= 0.3 is 0 Å². The summed E-state index contributed by atoms with van der Waals surface area (Å²) in [5.74, 6) is 0. The van der Waals surface area contributed by atoms with E-state index in [0.29, 0.717) is 0 Å². The Bertz CT molecular complexity index is 3440. The Morgan fingerprint density at radius 1 is 0.250 bits per heavy atom. The third kappa shape index (κ3) is 6.06. The van der Waals surface area contributed by atoms with Gasteiger partial charge in [-0.3, -0.25) is 0 Å². The fraction of sp³-hybridized carbons (Fsp3) is 0.176. The maximum atomic E-state index is 2.52. The number of anilines is 6. The first kappa shape index (κ1) is 43.5. The van der Waals surface area contributed by atoms with Crippen LogP contribution >= 0.6 is 22.7 Å². The molecule has 8 aromatic carbocycles. The fourth-order valence-corrected chi connectivity index (χ4v) is 15.5. The lowest BCUT2D eigenvalue weighted by Crippen LogP contribution is -2.17. The van der Waals surface area contributed by atoms with Crippen molar-refractivity contribution in [2.45, 2.75) is 77.0 Å². The lowest BCUT2D eigenvalue weighted by Gasteiger charge is -2.29. The van der Waals surface area contributed by atoms with Crippen molar-refractivity contribution in [1.29, 1.82) is 0 Å². The second kappa shape index (κ2) is 15.1. The molecule has 0 spiro atoms. The van der Waals surface area contributed by atoms with Gasteiger partial charge in [0.15, 0.2) is 0 Å². The van der Waals surface area contributed by atoms with Crippen molar-refractivity contribution in [2.24, 2.45) is 0 Å². The Morgan fingerprint density at radius 3 is 0.750 bits per heavy atom. The Morgan fingerprint density at radius 2 is 0.486 bits per heavy atom. The summed E-state index contributed by atoms with van der Waals surface area (Å²) in [7, 11) is 0. The van der Waals surface area contributed by atoms with Gasteiger partial charge in [-0.15, -0.1) is 22.7 Å². The molecule has 4 aliphatic rings. The van der Waals surface area contributed by atoms with Gasteiger partial charge in [-0.25, -0.2) is 0 Å². The minimum atomic E-state index is -0.119. The van der Waals surface area contributed by atoms with Crippen LogP contribution in [-0.4, -0.2) is 0 Å². The van der Waals surface area contributed by atoms with Crippen LogP contribution in [0, 0.1) is 0 Å². The zero-order valence-corrected chi connectivity index (χ0v) is 43.8. The molecule has 0 saturated heterocycles. The van der Waals surface area contributed by atoms with Crippen LogP contribution in [0.1, 0.15) is 99.9 Å². The molecule has 0 radical (unpaired) electrons. The van der Waals surface area contributed by atoms with Gasteiger partial charge < -0.3 is 9.80 Å². The van der Waals surface area contributed by atoms with Crippen LogP contribution in [0.2, 0.25) is 0 Å². The van der Waals surface area contributed by atoms with Crippen LogP contribution in [0.25, 0.3) is 54.3 Å². The minimum Gasteiger partial charge on any atom is -0.302 e. The van der Waals surface area contributed by atoms with Gasteiger partial charge in [0.2, 0.25) is 0 Å². The predicted molar refractivity (Wildman–Crippen MR) is 307 cm³/mol. The number of fused-ring (bicyclic) bond motifs is 12. The normalized spacial score (nSPS) is 15.9. The minimum absolute atomic E-state index is 0.119. The van der Waals surface area contributed by atoms with Crippen molar-refractivity contribution in [3.05, 3.63) is 239 Å². The molecule has 4 heteroatoms. The van der Waals surface area contributed by atoms with Crippen LogP contribution in [0.4, 0.5) is 32.8 Å². The van der Waals surface area contributed by atoms with E-state index < -0.39 is 0 Å². The zero-order chi connectivity index (χ0) is 49.1. The molecule has 2 aromatic heterocycles. The maximum absolute atomic E-state index is 2.52. The van der Waals surface area contributed by atoms with E-state index in [9.17, 15) is 0 Å². The molecular weight excluding hydrogens is 909 g/mol. The third-order valence-corrected chi connectivity index (χ3v) is 19.5. The Balaban J connectivity index is 0.892. The van der Waals surface area contributed by atoms with Crippen molar-refractivity contribution >= 4 is 55.4 Å². The van der Waals surface area contributed by atoms with Crippen molar-refractivity contribution in [3.63, 3.8) is 0 Å². The first-order valence-electron chi connectivity index (χ1n) is 25.5. The molecule has 14 rings (SSSR count). The number of rotatable bonds is 7. The molecule has 4 aliphatic carbocycles. The van der Waals surface area contributed by atoms with Crippen LogP contribution in [0.3, 0.4) is 0 Å². The number of nitrogens with zero attached hydrogens (tertiary/aromatic N) is 2. The molecule has 0 bridgehead atoms. The highest BCUT2D eigenvalue weighted by molar-refractivity contribution is 7.26. The van der Waals surface area contributed by atoms with Crippen LogP contribution < -0.4 is 9.80 Å². The first-order valence-corrected chi connectivity index (χ1v) is 27.1. The molecule has 0 unspecified atom stereocenters. The maximum Gasteiger partial charge on any atom is 0.101 e. The van der Waals surface area contributed by atoms with Crippen molar-refractivity contribution in [2.75, 3.05) is 9.80 Å². The van der Waals surface area contributed by atoms with Gasteiger partial charge in [0.25, 0.3) is 0 Å². The van der Waals surface area contributed by atoms with Crippen molar-refractivity contribution < 1.29 is 0 Å². The highest BCUT2D eigenvalue weighted by atomic mass is 32.1. The van der Waals surface area contributed by atoms with E-state index in [4.69, 9.17) is 0 Å². The largest absolute Gasteiger partial charge is 0.302 e. The Hall–Kier alpha value is -7.24. The van der Waals surface area contributed by atoms with E-state index in [1.165, 1.54) is 132 Å². The molecule has 0 saturated carbocycles. The highest BCUT2D eigenvalue weighted by Crippen LogP contribution is 2.57. The number of hydrogen-bond acceptors (Lipinski definition) is 4. The van der Waals surface area contributed by atoms with E-state index in [1.807, 2.05) is 22.7 Å². The second-order valence-electron chi connectivity index (χ2n) is 22.5. The average Bonchev–Trinajstić information content (AvgIpc) is 4.24. The SMILES string of the molecule is CC1(C)c2ccccc2-c2ccc(N(c3ccc4c(c3)C(C)(C)c3ccccc3-4)c3ccc(-c4ccc(N(c5ccc6c(c5)C(C)(C)c5ccccc5-6)c5ccc6c(c5)C(C)(C)c5ccccc5-6)s4)s3)cc21. The van der Waals surface area contributed by atoms with E-state index >= 15 is 0 Å². The van der Waals surface area contributed by atoms with Gasteiger partial charge in [0, 0.05) is 54.2 Å². The van der Waals surface area contributed by atoms with Crippen molar-refractivity contribution in [1.82, 2.24) is 0 Å². The van der Waals surface area contributed by atoms with Gasteiger partial charge in [-0.05, 0) is 162 Å². The summed E-state index contributed by atoms with van der Waals surface area (Å²) in [6.45, 7) is 19.1. The van der Waals surface area contributed by atoms with E-state index in [1.54, 1.807) is 0 Å². The molecule has 2 heterocycles. The van der Waals surface area contributed by atoms with Crippen molar-refractivity contribution in [3.8, 4) is 54.3 Å². The topological polar surface area (TPSA) is 6.48 Å². The quantitative estimate of drug-likeness (QED) is 0.157. The molecule has 10 aromatic rings. The van der Waals surface area contributed by atoms with Crippen LogP contribution in [0.15, 0.2) is 194 Å². The predicted octanol–water partition coefficient (Wildman–Crippen LogP) is 19.6. The van der Waals surface area contributed by atoms with Gasteiger partial charge in [0.05, 0.1) is 0 Å².